The first-order valence-electron chi connectivity index (χ1n) is 6.87. The molecule has 1 atom stereocenters. The molecule has 2 rings (SSSR count). The highest BCUT2D eigenvalue weighted by atomic mass is 16.6. The van der Waals surface area contributed by atoms with Crippen LogP contribution in [0, 0.1) is 0 Å². The highest BCUT2D eigenvalue weighted by molar-refractivity contribution is 5.35. The Morgan fingerprint density at radius 2 is 2.06 bits per heavy atom. The Kier molecular flexibility index (Phi) is 3.96. The summed E-state index contributed by atoms with van der Waals surface area (Å²) in [6.45, 7) is 9.34. The monoisotopic (exact) mass is 248 g/mol. The van der Waals surface area contributed by atoms with Crippen LogP contribution in [0.25, 0.3) is 0 Å². The number of benzene rings is 1. The fourth-order valence-corrected chi connectivity index (χ4v) is 2.47. The Morgan fingerprint density at radius 3 is 2.67 bits per heavy atom. The maximum absolute atomic E-state index is 5.95. The molecule has 0 radical (unpaired) electrons. The molecule has 1 aliphatic rings. The summed E-state index contributed by atoms with van der Waals surface area (Å²) in [4.78, 5) is 0. The van der Waals surface area contributed by atoms with Crippen molar-refractivity contribution >= 4 is 0 Å². The lowest BCUT2D eigenvalue weighted by molar-refractivity contribution is -0.0327. The number of hydrogen-bond donors (Lipinski definition) is 0. The Hall–Kier alpha value is -1.02. The standard InChI is InChI=1S/C16H24O2/c1-12(2)14-7-5-6-8-15(14)17-11-13-9-10-16(3,4)18-13/h5-8,12-13H,9-11H2,1-4H3. The van der Waals surface area contributed by atoms with Gasteiger partial charge in [0.15, 0.2) is 0 Å². The molecule has 1 aromatic carbocycles. The van der Waals surface area contributed by atoms with E-state index in [0.29, 0.717) is 12.5 Å². The Morgan fingerprint density at radius 1 is 1.33 bits per heavy atom. The molecule has 2 nitrogen and oxygen atoms in total. The summed E-state index contributed by atoms with van der Waals surface area (Å²) >= 11 is 0. The van der Waals surface area contributed by atoms with Crippen molar-refractivity contribution in [3.05, 3.63) is 29.8 Å². The van der Waals surface area contributed by atoms with E-state index in [0.717, 1.165) is 18.6 Å². The SMILES string of the molecule is CC(C)c1ccccc1OCC1CCC(C)(C)O1. The zero-order valence-corrected chi connectivity index (χ0v) is 11.9. The Labute approximate surface area is 110 Å². The minimum atomic E-state index is 0.0194. The van der Waals surface area contributed by atoms with Gasteiger partial charge in [-0.15, -0.1) is 0 Å². The third-order valence-corrected chi connectivity index (χ3v) is 3.52. The van der Waals surface area contributed by atoms with Gasteiger partial charge >= 0.3 is 0 Å². The van der Waals surface area contributed by atoms with E-state index in [1.807, 2.05) is 6.07 Å². The highest BCUT2D eigenvalue weighted by Crippen LogP contribution is 2.31. The lowest BCUT2D eigenvalue weighted by Crippen LogP contribution is -2.24. The van der Waals surface area contributed by atoms with Gasteiger partial charge in [0.25, 0.3) is 0 Å². The smallest absolute Gasteiger partial charge is 0.122 e. The first kappa shape index (κ1) is 13.4. The molecule has 100 valence electrons. The van der Waals surface area contributed by atoms with Crippen molar-refractivity contribution in [3.8, 4) is 5.75 Å². The van der Waals surface area contributed by atoms with E-state index in [1.54, 1.807) is 0 Å². The Balaban J connectivity index is 1.95. The lowest BCUT2D eigenvalue weighted by Gasteiger charge is -2.20. The molecular weight excluding hydrogens is 224 g/mol. The summed E-state index contributed by atoms with van der Waals surface area (Å²) in [6.07, 6.45) is 2.45. The minimum absolute atomic E-state index is 0.0194. The summed E-state index contributed by atoms with van der Waals surface area (Å²) in [6, 6.07) is 8.28. The van der Waals surface area contributed by atoms with Gasteiger partial charge in [0, 0.05) is 0 Å². The molecule has 0 aliphatic carbocycles. The molecule has 1 saturated heterocycles. The number of ether oxygens (including phenoxy) is 2. The first-order chi connectivity index (χ1) is 8.48. The van der Waals surface area contributed by atoms with E-state index in [1.165, 1.54) is 5.56 Å². The second-order valence-corrected chi connectivity index (χ2v) is 6.04. The maximum atomic E-state index is 5.95. The molecule has 0 bridgehead atoms. The molecule has 2 heteroatoms. The van der Waals surface area contributed by atoms with Gasteiger partial charge in [-0.3, -0.25) is 0 Å². The van der Waals surface area contributed by atoms with Crippen molar-refractivity contribution in [2.75, 3.05) is 6.61 Å². The van der Waals surface area contributed by atoms with Crippen molar-refractivity contribution in [1.29, 1.82) is 0 Å². The number of hydrogen-bond acceptors (Lipinski definition) is 2. The molecule has 0 N–H and O–H groups in total. The molecule has 1 unspecified atom stereocenters. The summed E-state index contributed by atoms with van der Waals surface area (Å²) in [7, 11) is 0. The average molecular weight is 248 g/mol. The second-order valence-electron chi connectivity index (χ2n) is 6.04. The second kappa shape index (κ2) is 5.31. The van der Waals surface area contributed by atoms with E-state index in [9.17, 15) is 0 Å². The van der Waals surface area contributed by atoms with E-state index in [4.69, 9.17) is 9.47 Å². The highest BCUT2D eigenvalue weighted by Gasteiger charge is 2.32. The van der Waals surface area contributed by atoms with Gasteiger partial charge in [-0.25, -0.2) is 0 Å². The number of rotatable bonds is 4. The van der Waals surface area contributed by atoms with Crippen molar-refractivity contribution in [3.63, 3.8) is 0 Å². The normalized spacial score (nSPS) is 22.4. The molecule has 1 aromatic rings. The molecule has 0 amide bonds. The summed E-state index contributed by atoms with van der Waals surface area (Å²) in [5.74, 6) is 1.49. The van der Waals surface area contributed by atoms with Crippen molar-refractivity contribution in [2.45, 2.75) is 58.2 Å². The third-order valence-electron chi connectivity index (χ3n) is 3.52. The van der Waals surface area contributed by atoms with E-state index in [2.05, 4.69) is 45.9 Å². The van der Waals surface area contributed by atoms with Crippen LogP contribution in [0.15, 0.2) is 24.3 Å². The summed E-state index contributed by atoms with van der Waals surface area (Å²) in [5.41, 5.74) is 1.29. The van der Waals surface area contributed by atoms with Gasteiger partial charge in [0.05, 0.1) is 11.7 Å². The summed E-state index contributed by atoms with van der Waals surface area (Å²) < 4.78 is 11.9. The van der Waals surface area contributed by atoms with Crippen LogP contribution < -0.4 is 4.74 Å². The third kappa shape index (κ3) is 3.26. The van der Waals surface area contributed by atoms with E-state index in [-0.39, 0.29) is 11.7 Å². The molecule has 0 spiro atoms. The maximum Gasteiger partial charge on any atom is 0.122 e. The van der Waals surface area contributed by atoms with Crippen LogP contribution in [-0.4, -0.2) is 18.3 Å². The zero-order valence-electron chi connectivity index (χ0n) is 11.9. The molecule has 18 heavy (non-hydrogen) atoms. The topological polar surface area (TPSA) is 18.5 Å². The summed E-state index contributed by atoms with van der Waals surface area (Å²) in [5, 5.41) is 0. The quantitative estimate of drug-likeness (QED) is 0.797. The Bertz CT molecular complexity index is 396. The molecule has 1 fully saturated rings. The van der Waals surface area contributed by atoms with Crippen LogP contribution in [0.5, 0.6) is 5.75 Å². The van der Waals surface area contributed by atoms with Gasteiger partial charge < -0.3 is 9.47 Å². The fourth-order valence-electron chi connectivity index (χ4n) is 2.47. The molecule has 1 aliphatic heterocycles. The van der Waals surface area contributed by atoms with E-state index < -0.39 is 0 Å². The van der Waals surface area contributed by atoms with Crippen LogP contribution in [0.4, 0.5) is 0 Å². The van der Waals surface area contributed by atoms with E-state index >= 15 is 0 Å². The zero-order chi connectivity index (χ0) is 13.2. The van der Waals surface area contributed by atoms with Crippen LogP contribution in [-0.2, 0) is 4.74 Å². The number of para-hydroxylation sites is 1. The van der Waals surface area contributed by atoms with Crippen molar-refractivity contribution in [2.24, 2.45) is 0 Å². The largest absolute Gasteiger partial charge is 0.491 e. The predicted molar refractivity (Wildman–Crippen MR) is 74.2 cm³/mol. The fraction of sp³-hybridized carbons (Fsp3) is 0.625. The van der Waals surface area contributed by atoms with Gasteiger partial charge in [-0.2, -0.15) is 0 Å². The van der Waals surface area contributed by atoms with Gasteiger partial charge in [-0.05, 0) is 44.2 Å². The first-order valence-corrected chi connectivity index (χ1v) is 6.87. The molecule has 0 saturated carbocycles. The molecule has 1 heterocycles. The van der Waals surface area contributed by atoms with Crippen molar-refractivity contribution < 1.29 is 9.47 Å². The predicted octanol–water partition coefficient (Wildman–Crippen LogP) is 4.15. The molecule has 0 aromatic heterocycles. The van der Waals surface area contributed by atoms with Gasteiger partial charge in [0.2, 0.25) is 0 Å². The van der Waals surface area contributed by atoms with Crippen molar-refractivity contribution in [1.82, 2.24) is 0 Å². The van der Waals surface area contributed by atoms with Crippen LogP contribution in [0.3, 0.4) is 0 Å². The minimum Gasteiger partial charge on any atom is -0.491 e. The van der Waals surface area contributed by atoms with Crippen LogP contribution >= 0.6 is 0 Å². The van der Waals surface area contributed by atoms with Crippen LogP contribution in [0.1, 0.15) is 52.0 Å². The average Bonchev–Trinajstić information content (AvgIpc) is 2.66. The molecular formula is C16H24O2. The lowest BCUT2D eigenvalue weighted by atomic mass is 10.0. The van der Waals surface area contributed by atoms with Crippen LogP contribution in [0.2, 0.25) is 0 Å². The van der Waals surface area contributed by atoms with Gasteiger partial charge in [0.1, 0.15) is 12.4 Å². The van der Waals surface area contributed by atoms with Gasteiger partial charge in [-0.1, -0.05) is 32.0 Å².